The summed E-state index contributed by atoms with van der Waals surface area (Å²) in [6.07, 6.45) is 1.66. The summed E-state index contributed by atoms with van der Waals surface area (Å²) in [7, 11) is 0. The van der Waals surface area contributed by atoms with Gasteiger partial charge in [0.25, 0.3) is 0 Å². The van der Waals surface area contributed by atoms with E-state index in [1.54, 1.807) is 6.07 Å². The van der Waals surface area contributed by atoms with Crippen LogP contribution in [0.2, 0.25) is 0 Å². The van der Waals surface area contributed by atoms with Crippen LogP contribution < -0.4 is 11.5 Å². The van der Waals surface area contributed by atoms with E-state index in [0.717, 1.165) is 0 Å². The number of nitrogens with zero attached hydrogens (tertiary/aromatic N) is 3. The Bertz CT molecular complexity index is 1000. The minimum absolute atomic E-state index is 0.0113. The van der Waals surface area contributed by atoms with Gasteiger partial charge in [0.1, 0.15) is 5.82 Å². The summed E-state index contributed by atoms with van der Waals surface area (Å²) in [5.41, 5.74) is 12.9. The molecule has 1 aromatic carbocycles. The van der Waals surface area contributed by atoms with Crippen molar-refractivity contribution < 1.29 is 19.8 Å². The Balaban J connectivity index is 1.94. The number of rotatable bonds is 5. The van der Waals surface area contributed by atoms with Crippen molar-refractivity contribution in [3.05, 3.63) is 53.2 Å². The maximum Gasteiger partial charge on any atom is 0.335 e. The molecule has 3 aromatic rings. The number of hydrogen-bond donors (Lipinski definition) is 4. The first kappa shape index (κ1) is 17.1. The number of nitrogens with two attached hydrogens (primary N) is 2. The van der Waals surface area contributed by atoms with Crippen LogP contribution in [-0.4, -0.2) is 37.1 Å². The first-order chi connectivity index (χ1) is 12.3. The molecule has 2 aromatic heterocycles. The van der Waals surface area contributed by atoms with Gasteiger partial charge < -0.3 is 21.7 Å². The van der Waals surface area contributed by atoms with Crippen molar-refractivity contribution in [3.8, 4) is 0 Å². The molecule has 1 atom stereocenters. The lowest BCUT2D eigenvalue weighted by atomic mass is 9.92. The average Bonchev–Trinajstić information content (AvgIpc) is 2.59. The van der Waals surface area contributed by atoms with E-state index in [0.29, 0.717) is 22.2 Å². The highest BCUT2D eigenvalue weighted by Crippen LogP contribution is 2.25. The van der Waals surface area contributed by atoms with E-state index in [9.17, 15) is 14.7 Å². The minimum atomic E-state index is -1.07. The van der Waals surface area contributed by atoms with Gasteiger partial charge in [-0.2, -0.15) is 9.97 Å². The smallest absolute Gasteiger partial charge is 0.335 e. The number of pyridine rings is 1. The average molecular weight is 353 g/mol. The lowest BCUT2D eigenvalue weighted by Gasteiger charge is -2.13. The lowest BCUT2D eigenvalue weighted by molar-refractivity contribution is -0.138. The zero-order valence-corrected chi connectivity index (χ0v) is 13.5. The molecule has 3 rings (SSSR count). The van der Waals surface area contributed by atoms with E-state index in [-0.39, 0.29) is 23.8 Å². The van der Waals surface area contributed by atoms with Crippen LogP contribution in [0.1, 0.15) is 27.4 Å². The zero-order chi connectivity index (χ0) is 18.8. The number of aromatic carboxylic acids is 1. The minimum Gasteiger partial charge on any atom is -0.481 e. The molecule has 0 aliphatic rings. The van der Waals surface area contributed by atoms with Gasteiger partial charge in [0, 0.05) is 6.20 Å². The Labute approximate surface area is 147 Å². The van der Waals surface area contributed by atoms with E-state index < -0.39 is 17.9 Å². The van der Waals surface area contributed by atoms with Crippen LogP contribution in [0.4, 0.5) is 11.8 Å². The van der Waals surface area contributed by atoms with E-state index in [4.69, 9.17) is 16.6 Å². The zero-order valence-electron chi connectivity index (χ0n) is 13.5. The van der Waals surface area contributed by atoms with Crippen LogP contribution in [-0.2, 0) is 11.2 Å². The fraction of sp³-hybridized carbons (Fsp3) is 0.118. The summed E-state index contributed by atoms with van der Waals surface area (Å²) in [5.74, 6) is -2.80. The van der Waals surface area contributed by atoms with Gasteiger partial charge in [-0.05, 0) is 35.7 Å². The van der Waals surface area contributed by atoms with Gasteiger partial charge in [-0.1, -0.05) is 12.1 Å². The molecule has 0 bridgehead atoms. The summed E-state index contributed by atoms with van der Waals surface area (Å²) < 4.78 is 0. The number of anilines is 2. The molecule has 0 aliphatic carbocycles. The Morgan fingerprint density at radius 2 is 1.77 bits per heavy atom. The van der Waals surface area contributed by atoms with Gasteiger partial charge in [0.05, 0.1) is 16.9 Å². The van der Waals surface area contributed by atoms with Crippen molar-refractivity contribution in [3.63, 3.8) is 0 Å². The highest BCUT2D eigenvalue weighted by Gasteiger charge is 2.21. The molecule has 26 heavy (non-hydrogen) atoms. The molecule has 0 radical (unpaired) electrons. The second kappa shape index (κ2) is 6.63. The topological polar surface area (TPSA) is 165 Å². The van der Waals surface area contributed by atoms with Gasteiger partial charge in [0.15, 0.2) is 5.65 Å². The number of carboxylic acid groups (broad SMARTS) is 2. The van der Waals surface area contributed by atoms with Crippen molar-refractivity contribution in [1.82, 2.24) is 15.0 Å². The first-order valence-electron chi connectivity index (χ1n) is 7.59. The van der Waals surface area contributed by atoms with E-state index in [1.807, 2.05) is 0 Å². The number of carboxylic acids is 2. The normalized spacial score (nSPS) is 12.0. The van der Waals surface area contributed by atoms with Gasteiger partial charge in [-0.3, -0.25) is 4.79 Å². The molecule has 6 N–H and O–H groups in total. The Morgan fingerprint density at radius 1 is 1.08 bits per heavy atom. The van der Waals surface area contributed by atoms with Crippen LogP contribution in [0, 0.1) is 0 Å². The number of benzene rings is 1. The summed E-state index contributed by atoms with van der Waals surface area (Å²) in [4.78, 5) is 34.6. The van der Waals surface area contributed by atoms with Gasteiger partial charge in [-0.15, -0.1) is 0 Å². The molecule has 0 saturated carbocycles. The number of hydrogen-bond acceptors (Lipinski definition) is 7. The maximum absolute atomic E-state index is 11.7. The van der Waals surface area contributed by atoms with Crippen LogP contribution in [0.3, 0.4) is 0 Å². The largest absolute Gasteiger partial charge is 0.481 e. The van der Waals surface area contributed by atoms with Gasteiger partial charge in [-0.25, -0.2) is 9.78 Å². The Morgan fingerprint density at radius 3 is 2.38 bits per heavy atom. The fourth-order valence-electron chi connectivity index (χ4n) is 2.65. The molecule has 9 nitrogen and oxygen atoms in total. The molecule has 0 aliphatic heterocycles. The van der Waals surface area contributed by atoms with E-state index >= 15 is 0 Å². The van der Waals surface area contributed by atoms with Crippen LogP contribution in [0.15, 0.2) is 36.5 Å². The molecule has 0 spiro atoms. The summed E-state index contributed by atoms with van der Waals surface area (Å²) in [6, 6.07) is 7.42. The van der Waals surface area contributed by atoms with Gasteiger partial charge in [0.2, 0.25) is 5.95 Å². The van der Waals surface area contributed by atoms with Gasteiger partial charge >= 0.3 is 11.9 Å². The lowest BCUT2D eigenvalue weighted by Crippen LogP contribution is -2.15. The van der Waals surface area contributed by atoms with Crippen molar-refractivity contribution in [2.24, 2.45) is 0 Å². The molecule has 132 valence electrons. The molecular weight excluding hydrogens is 338 g/mol. The highest BCUT2D eigenvalue weighted by atomic mass is 16.4. The number of nitrogen functional groups attached to an aromatic ring is 2. The third-order valence-corrected chi connectivity index (χ3v) is 3.95. The molecule has 0 amide bonds. The van der Waals surface area contributed by atoms with Crippen LogP contribution >= 0.6 is 0 Å². The first-order valence-corrected chi connectivity index (χ1v) is 7.59. The summed E-state index contributed by atoms with van der Waals surface area (Å²) in [6.45, 7) is 0. The van der Waals surface area contributed by atoms with Crippen molar-refractivity contribution in [2.45, 2.75) is 12.3 Å². The van der Waals surface area contributed by atoms with Crippen molar-refractivity contribution in [1.29, 1.82) is 0 Å². The van der Waals surface area contributed by atoms with Crippen LogP contribution in [0.25, 0.3) is 11.0 Å². The number of aromatic nitrogens is 3. The summed E-state index contributed by atoms with van der Waals surface area (Å²) in [5, 5.41) is 19.0. The third kappa shape index (κ3) is 3.36. The third-order valence-electron chi connectivity index (χ3n) is 3.95. The second-order valence-electron chi connectivity index (χ2n) is 5.70. The Kier molecular flexibility index (Phi) is 4.36. The number of fused-ring (bicyclic) bond motifs is 1. The van der Waals surface area contributed by atoms with E-state index in [1.165, 1.54) is 30.5 Å². The highest BCUT2D eigenvalue weighted by molar-refractivity contribution is 5.88. The molecule has 9 heteroatoms. The molecule has 0 unspecified atom stereocenters. The maximum atomic E-state index is 11.7. The van der Waals surface area contributed by atoms with E-state index in [2.05, 4.69) is 15.0 Å². The second-order valence-corrected chi connectivity index (χ2v) is 5.70. The quantitative estimate of drug-likeness (QED) is 0.528. The van der Waals surface area contributed by atoms with Crippen LogP contribution in [0.5, 0.6) is 0 Å². The molecule has 0 fully saturated rings. The predicted molar refractivity (Wildman–Crippen MR) is 93.6 cm³/mol. The molecular formula is C17H15N5O4. The molecule has 2 heterocycles. The fourth-order valence-corrected chi connectivity index (χ4v) is 2.65. The number of aliphatic carboxylic acids is 1. The van der Waals surface area contributed by atoms with Crippen molar-refractivity contribution in [2.75, 3.05) is 11.5 Å². The monoisotopic (exact) mass is 353 g/mol. The predicted octanol–water partition coefficient (Wildman–Crippen LogP) is 1.30. The standard InChI is InChI=1S/C17H15N5O4/c18-13-12-6-8(7-20-14(12)22-17(19)21-13)5-11(16(25)26)9-1-3-10(4-2-9)15(23)24/h1-4,6-7,11H,5H2,(H,23,24)(H,25,26)(H4,18,19,20,21,22)/t11-/m0/s1. The van der Waals surface area contributed by atoms with Crippen molar-refractivity contribution >= 4 is 34.7 Å². The number of carbonyl (C=O) groups is 2. The summed E-state index contributed by atoms with van der Waals surface area (Å²) >= 11 is 0. The SMILES string of the molecule is Nc1nc(N)c2cc(C[C@H](C(=O)O)c3ccc(C(=O)O)cc3)cnc2n1. The Hall–Kier alpha value is -3.75. The molecule has 0 saturated heterocycles.